The fourth-order valence-corrected chi connectivity index (χ4v) is 7.54. The van der Waals surface area contributed by atoms with Crippen LogP contribution in [0.15, 0.2) is 63.2 Å². The van der Waals surface area contributed by atoms with E-state index in [1.807, 2.05) is 0 Å². The number of phenols is 1. The number of amides is 3. The van der Waals surface area contributed by atoms with Crippen molar-refractivity contribution in [3.05, 3.63) is 68.6 Å². The molecule has 3 aromatic rings. The molecule has 0 spiro atoms. The van der Waals surface area contributed by atoms with E-state index >= 15 is 0 Å². The van der Waals surface area contributed by atoms with E-state index in [0.717, 1.165) is 23.1 Å². The fraction of sp³-hybridized carbons (Fsp3) is 0.182. The van der Waals surface area contributed by atoms with Crippen LogP contribution in [-0.4, -0.2) is 41.1 Å². The quantitative estimate of drug-likeness (QED) is 0.339. The lowest BCUT2D eigenvalue weighted by Crippen LogP contribution is -2.32. The summed E-state index contributed by atoms with van der Waals surface area (Å²) in [5.74, 6) is -2.75. The number of nitrogens with zero attached hydrogens (tertiary/aromatic N) is 1. The second-order valence-electron chi connectivity index (χ2n) is 8.23. The smallest absolute Gasteiger partial charge is 0.308 e. The van der Waals surface area contributed by atoms with Gasteiger partial charge in [0.2, 0.25) is 27.7 Å². The summed E-state index contributed by atoms with van der Waals surface area (Å²) >= 11 is 1.97. The van der Waals surface area contributed by atoms with Crippen molar-refractivity contribution in [2.24, 2.45) is 11.1 Å². The number of sulfonamides is 1. The first-order chi connectivity index (χ1) is 17.0. The number of benzene rings is 2. The van der Waals surface area contributed by atoms with E-state index in [1.165, 1.54) is 41.0 Å². The van der Waals surface area contributed by atoms with Gasteiger partial charge in [-0.3, -0.25) is 29.1 Å². The molecular formula is C22H18N4O7S3. The SMILES string of the molecule is NS(=O)(=O)c1ccc(NC(=O)Cn2c3c(sc2=O)C(c2ccc(O)cc2)C2C(=O)NC(=O)C2S3)cc1. The Kier molecular flexibility index (Phi) is 5.98. The van der Waals surface area contributed by atoms with E-state index in [0.29, 0.717) is 21.2 Å². The van der Waals surface area contributed by atoms with Crippen LogP contribution in [-0.2, 0) is 31.0 Å². The molecule has 36 heavy (non-hydrogen) atoms. The Morgan fingerprint density at radius 1 is 1.06 bits per heavy atom. The van der Waals surface area contributed by atoms with E-state index < -0.39 is 49.7 Å². The molecule has 1 aromatic heterocycles. The topological polar surface area (TPSA) is 178 Å². The Balaban J connectivity index is 1.47. The normalized spacial score (nSPS) is 21.0. The van der Waals surface area contributed by atoms with Crippen molar-refractivity contribution in [1.82, 2.24) is 9.88 Å². The van der Waals surface area contributed by atoms with Crippen molar-refractivity contribution in [2.45, 2.75) is 27.6 Å². The van der Waals surface area contributed by atoms with Gasteiger partial charge >= 0.3 is 4.87 Å². The molecule has 5 rings (SSSR count). The summed E-state index contributed by atoms with van der Waals surface area (Å²) in [5, 5.41) is 19.4. The number of aromatic hydroxyl groups is 1. The molecular weight excluding hydrogens is 528 g/mol. The molecule has 0 bridgehead atoms. The molecule has 3 unspecified atom stereocenters. The van der Waals surface area contributed by atoms with Gasteiger partial charge in [-0.05, 0) is 42.0 Å². The maximum absolute atomic E-state index is 12.9. The number of hydrogen-bond donors (Lipinski definition) is 4. The molecule has 3 atom stereocenters. The number of carbonyl (C=O) groups excluding carboxylic acids is 3. The van der Waals surface area contributed by atoms with Gasteiger partial charge in [-0.2, -0.15) is 0 Å². The van der Waals surface area contributed by atoms with Crippen LogP contribution in [0.3, 0.4) is 0 Å². The second kappa shape index (κ2) is 8.89. The van der Waals surface area contributed by atoms with Crippen molar-refractivity contribution in [3.63, 3.8) is 0 Å². The van der Waals surface area contributed by atoms with Crippen LogP contribution in [0.4, 0.5) is 5.69 Å². The van der Waals surface area contributed by atoms with E-state index in [-0.39, 0.29) is 17.2 Å². The van der Waals surface area contributed by atoms with Crippen molar-refractivity contribution in [3.8, 4) is 5.75 Å². The van der Waals surface area contributed by atoms with E-state index in [4.69, 9.17) is 5.14 Å². The number of phenolic OH excluding ortho intramolecular Hbond substituents is 1. The highest BCUT2D eigenvalue weighted by Gasteiger charge is 2.52. The largest absolute Gasteiger partial charge is 0.508 e. The van der Waals surface area contributed by atoms with Gasteiger partial charge in [0.15, 0.2) is 0 Å². The van der Waals surface area contributed by atoms with E-state index in [2.05, 4.69) is 10.6 Å². The Morgan fingerprint density at radius 3 is 2.36 bits per heavy atom. The molecule has 2 aromatic carbocycles. The minimum absolute atomic E-state index is 0.0344. The summed E-state index contributed by atoms with van der Waals surface area (Å²) in [4.78, 5) is 50.9. The molecule has 3 amide bonds. The number of anilines is 1. The highest BCUT2D eigenvalue weighted by atomic mass is 32.2. The first-order valence-electron chi connectivity index (χ1n) is 10.5. The third-order valence-electron chi connectivity index (χ3n) is 5.91. The number of nitrogens with two attached hydrogens (primary N) is 1. The molecule has 2 aliphatic heterocycles. The predicted octanol–water partition coefficient (Wildman–Crippen LogP) is 0.780. The van der Waals surface area contributed by atoms with Gasteiger partial charge < -0.3 is 10.4 Å². The maximum Gasteiger partial charge on any atom is 0.308 e. The highest BCUT2D eigenvalue weighted by Crippen LogP contribution is 2.51. The summed E-state index contributed by atoms with van der Waals surface area (Å²) in [6.07, 6.45) is 0. The molecule has 186 valence electrons. The molecule has 2 aliphatic rings. The maximum atomic E-state index is 12.9. The summed E-state index contributed by atoms with van der Waals surface area (Å²) in [6, 6.07) is 11.5. The van der Waals surface area contributed by atoms with Gasteiger partial charge in [-0.15, -0.1) is 0 Å². The summed E-state index contributed by atoms with van der Waals surface area (Å²) in [5.41, 5.74) is 0.960. The number of imide groups is 1. The molecule has 11 nitrogen and oxygen atoms in total. The number of aromatic nitrogens is 1. The monoisotopic (exact) mass is 546 g/mol. The van der Waals surface area contributed by atoms with Crippen LogP contribution < -0.4 is 20.6 Å². The van der Waals surface area contributed by atoms with Crippen molar-refractivity contribution < 1.29 is 27.9 Å². The number of carbonyl (C=O) groups is 3. The van der Waals surface area contributed by atoms with Gasteiger partial charge in [0.05, 0.1) is 15.8 Å². The van der Waals surface area contributed by atoms with Crippen LogP contribution in [0.5, 0.6) is 5.75 Å². The molecule has 1 fully saturated rings. The van der Waals surface area contributed by atoms with Crippen LogP contribution in [0.25, 0.3) is 0 Å². The lowest BCUT2D eigenvalue weighted by molar-refractivity contribution is -0.126. The summed E-state index contributed by atoms with van der Waals surface area (Å²) in [7, 11) is -3.88. The van der Waals surface area contributed by atoms with E-state index in [1.54, 1.807) is 12.1 Å². The Morgan fingerprint density at radius 2 is 1.72 bits per heavy atom. The van der Waals surface area contributed by atoms with E-state index in [9.17, 15) is 32.7 Å². The zero-order valence-corrected chi connectivity index (χ0v) is 20.7. The molecule has 1 saturated heterocycles. The Bertz CT molecular complexity index is 1560. The van der Waals surface area contributed by atoms with Gasteiger partial charge in [-0.1, -0.05) is 35.2 Å². The number of rotatable bonds is 5. The van der Waals surface area contributed by atoms with Crippen LogP contribution in [0.2, 0.25) is 0 Å². The second-order valence-corrected chi connectivity index (χ2v) is 11.9. The molecule has 0 aliphatic carbocycles. The summed E-state index contributed by atoms with van der Waals surface area (Å²) < 4.78 is 24.1. The lowest BCUT2D eigenvalue weighted by atomic mass is 9.83. The minimum atomic E-state index is -3.88. The number of nitrogens with one attached hydrogen (secondary N) is 2. The Hall–Kier alpha value is -3.46. The average Bonchev–Trinajstić information content (AvgIpc) is 3.28. The third-order valence-corrected chi connectivity index (χ3v) is 9.45. The van der Waals surface area contributed by atoms with Crippen LogP contribution in [0, 0.1) is 5.92 Å². The highest BCUT2D eigenvalue weighted by molar-refractivity contribution is 8.00. The van der Waals surface area contributed by atoms with Gasteiger partial charge in [-0.25, -0.2) is 13.6 Å². The number of thioether (sulfide) groups is 1. The lowest BCUT2D eigenvalue weighted by Gasteiger charge is -2.30. The Labute approximate surface area is 212 Å². The molecule has 0 saturated carbocycles. The van der Waals surface area contributed by atoms with Crippen molar-refractivity contribution >= 4 is 56.5 Å². The first kappa shape index (κ1) is 24.2. The van der Waals surface area contributed by atoms with Crippen molar-refractivity contribution in [1.29, 1.82) is 0 Å². The third kappa shape index (κ3) is 4.32. The first-order valence-corrected chi connectivity index (χ1v) is 13.7. The zero-order chi connectivity index (χ0) is 25.8. The summed E-state index contributed by atoms with van der Waals surface area (Å²) in [6.45, 7) is -0.357. The fourth-order valence-electron chi connectivity index (χ4n) is 4.29. The number of primary sulfonamides is 1. The number of thiazole rings is 1. The standard InChI is InChI=1S/C22H18N4O7S3/c23-36(32,33)13-7-3-11(4-8-13)24-14(28)9-26-21-18(35-22(26)31)15(10-1-5-12(27)6-2-10)16-17(34-21)20(30)25-19(16)29/h1-8,15-17,27H,9H2,(H,24,28)(H2,23,32,33)(H,25,29,30). The van der Waals surface area contributed by atoms with Crippen LogP contribution in [0.1, 0.15) is 16.4 Å². The molecule has 5 N–H and O–H groups in total. The van der Waals surface area contributed by atoms with Crippen LogP contribution >= 0.6 is 23.1 Å². The molecule has 3 heterocycles. The molecule has 14 heteroatoms. The average molecular weight is 547 g/mol. The number of fused-ring (bicyclic) bond motifs is 2. The zero-order valence-electron chi connectivity index (χ0n) is 18.2. The molecule has 0 radical (unpaired) electrons. The number of hydrogen-bond acceptors (Lipinski definition) is 9. The minimum Gasteiger partial charge on any atom is -0.508 e. The van der Waals surface area contributed by atoms with Gasteiger partial charge in [0.1, 0.15) is 17.5 Å². The predicted molar refractivity (Wildman–Crippen MR) is 131 cm³/mol. The van der Waals surface area contributed by atoms with Crippen molar-refractivity contribution in [2.75, 3.05) is 5.32 Å². The van der Waals surface area contributed by atoms with Gasteiger partial charge in [0.25, 0.3) is 0 Å². The van der Waals surface area contributed by atoms with Gasteiger partial charge in [0, 0.05) is 16.5 Å².